The molecule has 1 rings (SSSR count). The zero-order chi connectivity index (χ0) is 12.2. The standard InChI is InChI=1S/C11H24N2O2S/c1-9(2)8-16(14,15)13-7-10-5-3-4-6-11(10)12/h9-11,13H,3-8,12H2,1-2H3. The van der Waals surface area contributed by atoms with Gasteiger partial charge >= 0.3 is 0 Å². The van der Waals surface area contributed by atoms with E-state index >= 15 is 0 Å². The molecular weight excluding hydrogens is 224 g/mol. The minimum Gasteiger partial charge on any atom is -0.327 e. The Morgan fingerprint density at radius 3 is 2.50 bits per heavy atom. The largest absolute Gasteiger partial charge is 0.327 e. The zero-order valence-electron chi connectivity index (χ0n) is 10.3. The molecule has 5 heteroatoms. The van der Waals surface area contributed by atoms with Crippen molar-refractivity contribution in [3.8, 4) is 0 Å². The maximum atomic E-state index is 11.6. The van der Waals surface area contributed by atoms with Crippen molar-refractivity contribution in [2.45, 2.75) is 45.6 Å². The van der Waals surface area contributed by atoms with Crippen LogP contribution >= 0.6 is 0 Å². The van der Waals surface area contributed by atoms with E-state index in [0.29, 0.717) is 12.5 Å². The van der Waals surface area contributed by atoms with Crippen LogP contribution in [0.4, 0.5) is 0 Å². The van der Waals surface area contributed by atoms with Crippen LogP contribution in [-0.2, 0) is 10.0 Å². The molecule has 0 bridgehead atoms. The van der Waals surface area contributed by atoms with Gasteiger partial charge in [0.1, 0.15) is 0 Å². The fourth-order valence-corrected chi connectivity index (χ4v) is 3.69. The average Bonchev–Trinajstić information content (AvgIpc) is 2.14. The van der Waals surface area contributed by atoms with E-state index in [4.69, 9.17) is 5.73 Å². The summed E-state index contributed by atoms with van der Waals surface area (Å²) in [6, 6.07) is 0.162. The Hall–Kier alpha value is -0.130. The van der Waals surface area contributed by atoms with Crippen LogP contribution in [0.25, 0.3) is 0 Å². The summed E-state index contributed by atoms with van der Waals surface area (Å²) in [6.45, 7) is 4.33. The van der Waals surface area contributed by atoms with Crippen LogP contribution in [-0.4, -0.2) is 26.8 Å². The third-order valence-corrected chi connectivity index (χ3v) is 4.80. The summed E-state index contributed by atoms with van der Waals surface area (Å²) in [5, 5.41) is 0. The van der Waals surface area contributed by atoms with Gasteiger partial charge in [0.25, 0.3) is 0 Å². The van der Waals surface area contributed by atoms with Crippen LogP contribution in [0.15, 0.2) is 0 Å². The van der Waals surface area contributed by atoms with Crippen LogP contribution in [0.3, 0.4) is 0 Å². The predicted octanol–water partition coefficient (Wildman–Crippen LogP) is 1.08. The molecule has 1 aliphatic carbocycles. The highest BCUT2D eigenvalue weighted by atomic mass is 32.2. The summed E-state index contributed by atoms with van der Waals surface area (Å²) >= 11 is 0. The van der Waals surface area contributed by atoms with Gasteiger partial charge in [0, 0.05) is 12.6 Å². The molecule has 1 saturated carbocycles. The molecule has 0 amide bonds. The Morgan fingerprint density at radius 2 is 1.94 bits per heavy atom. The molecule has 96 valence electrons. The highest BCUT2D eigenvalue weighted by molar-refractivity contribution is 7.89. The Bertz CT molecular complexity index is 301. The normalized spacial score (nSPS) is 27.2. The van der Waals surface area contributed by atoms with E-state index in [0.717, 1.165) is 12.8 Å². The Kier molecular flexibility index (Phi) is 5.21. The lowest BCUT2D eigenvalue weighted by atomic mass is 9.85. The van der Waals surface area contributed by atoms with Gasteiger partial charge in [-0.15, -0.1) is 0 Å². The van der Waals surface area contributed by atoms with Crippen molar-refractivity contribution in [1.82, 2.24) is 4.72 Å². The summed E-state index contributed by atoms with van der Waals surface area (Å²) in [4.78, 5) is 0. The molecule has 0 aromatic heterocycles. The molecule has 0 saturated heterocycles. The van der Waals surface area contributed by atoms with Crippen molar-refractivity contribution < 1.29 is 8.42 Å². The Labute approximate surface area is 99.0 Å². The first-order valence-electron chi connectivity index (χ1n) is 6.13. The number of nitrogens with two attached hydrogens (primary N) is 1. The third kappa shape index (κ3) is 4.80. The third-order valence-electron chi connectivity index (χ3n) is 3.09. The van der Waals surface area contributed by atoms with Crippen molar-refractivity contribution in [1.29, 1.82) is 0 Å². The van der Waals surface area contributed by atoms with E-state index in [9.17, 15) is 8.42 Å². The lowest BCUT2D eigenvalue weighted by Crippen LogP contribution is -2.41. The number of hydrogen-bond donors (Lipinski definition) is 2. The summed E-state index contributed by atoms with van der Waals surface area (Å²) in [5.41, 5.74) is 5.97. The second-order valence-electron chi connectivity index (χ2n) is 5.23. The van der Waals surface area contributed by atoms with Crippen molar-refractivity contribution in [2.24, 2.45) is 17.6 Å². The summed E-state index contributed by atoms with van der Waals surface area (Å²) in [5.74, 6) is 0.683. The number of hydrogen-bond acceptors (Lipinski definition) is 3. The van der Waals surface area contributed by atoms with Gasteiger partial charge in [-0.2, -0.15) is 0 Å². The summed E-state index contributed by atoms with van der Waals surface area (Å²) < 4.78 is 26.0. The lowest BCUT2D eigenvalue weighted by molar-refractivity contribution is 0.308. The Morgan fingerprint density at radius 1 is 1.31 bits per heavy atom. The molecule has 0 aromatic rings. The van der Waals surface area contributed by atoms with E-state index in [-0.39, 0.29) is 17.7 Å². The molecule has 0 spiro atoms. The van der Waals surface area contributed by atoms with Gasteiger partial charge < -0.3 is 5.73 Å². The van der Waals surface area contributed by atoms with Crippen LogP contribution in [0, 0.1) is 11.8 Å². The molecule has 0 heterocycles. The van der Waals surface area contributed by atoms with Gasteiger partial charge in [-0.05, 0) is 24.7 Å². The average molecular weight is 248 g/mol. The second kappa shape index (κ2) is 5.98. The van der Waals surface area contributed by atoms with Crippen molar-refractivity contribution in [3.63, 3.8) is 0 Å². The topological polar surface area (TPSA) is 72.2 Å². The molecular formula is C11H24N2O2S. The van der Waals surface area contributed by atoms with E-state index in [2.05, 4.69) is 4.72 Å². The van der Waals surface area contributed by atoms with Gasteiger partial charge in [-0.1, -0.05) is 26.7 Å². The minimum absolute atomic E-state index is 0.162. The minimum atomic E-state index is -3.11. The molecule has 2 atom stereocenters. The first kappa shape index (κ1) is 13.9. The molecule has 0 radical (unpaired) electrons. The van der Waals surface area contributed by atoms with Crippen molar-refractivity contribution in [2.75, 3.05) is 12.3 Å². The lowest BCUT2D eigenvalue weighted by Gasteiger charge is -2.28. The number of rotatable bonds is 5. The molecule has 3 N–H and O–H groups in total. The van der Waals surface area contributed by atoms with Crippen LogP contribution in [0.1, 0.15) is 39.5 Å². The number of sulfonamides is 1. The molecule has 4 nitrogen and oxygen atoms in total. The zero-order valence-corrected chi connectivity index (χ0v) is 11.1. The van der Waals surface area contributed by atoms with Crippen LogP contribution in [0.5, 0.6) is 0 Å². The first-order chi connectivity index (χ1) is 7.41. The van der Waals surface area contributed by atoms with Crippen LogP contribution in [0.2, 0.25) is 0 Å². The fraction of sp³-hybridized carbons (Fsp3) is 1.00. The van der Waals surface area contributed by atoms with E-state index in [1.54, 1.807) is 0 Å². The first-order valence-corrected chi connectivity index (χ1v) is 7.79. The molecule has 16 heavy (non-hydrogen) atoms. The smallest absolute Gasteiger partial charge is 0.211 e. The van der Waals surface area contributed by atoms with Crippen molar-refractivity contribution >= 4 is 10.0 Å². The molecule has 1 aliphatic rings. The highest BCUT2D eigenvalue weighted by Crippen LogP contribution is 2.22. The van der Waals surface area contributed by atoms with Crippen LogP contribution < -0.4 is 10.5 Å². The predicted molar refractivity (Wildman–Crippen MR) is 66.6 cm³/mol. The monoisotopic (exact) mass is 248 g/mol. The quantitative estimate of drug-likeness (QED) is 0.764. The molecule has 0 aliphatic heterocycles. The highest BCUT2D eigenvalue weighted by Gasteiger charge is 2.23. The maximum Gasteiger partial charge on any atom is 0.211 e. The second-order valence-corrected chi connectivity index (χ2v) is 7.08. The SMILES string of the molecule is CC(C)CS(=O)(=O)NCC1CCCCC1N. The summed E-state index contributed by atoms with van der Waals surface area (Å²) in [7, 11) is -3.11. The van der Waals surface area contributed by atoms with Gasteiger partial charge in [-0.3, -0.25) is 0 Å². The van der Waals surface area contributed by atoms with Gasteiger partial charge in [0.15, 0.2) is 0 Å². The maximum absolute atomic E-state index is 11.6. The Balaban J connectivity index is 2.38. The fourth-order valence-electron chi connectivity index (χ4n) is 2.22. The van der Waals surface area contributed by atoms with E-state index < -0.39 is 10.0 Å². The van der Waals surface area contributed by atoms with E-state index in [1.807, 2.05) is 13.8 Å². The summed E-state index contributed by atoms with van der Waals surface area (Å²) in [6.07, 6.45) is 4.42. The number of nitrogens with one attached hydrogen (secondary N) is 1. The molecule has 0 aromatic carbocycles. The molecule has 2 unspecified atom stereocenters. The van der Waals surface area contributed by atoms with Crippen molar-refractivity contribution in [3.05, 3.63) is 0 Å². The molecule has 1 fully saturated rings. The van der Waals surface area contributed by atoms with Gasteiger partial charge in [0.2, 0.25) is 10.0 Å². The van der Waals surface area contributed by atoms with Gasteiger partial charge in [-0.25, -0.2) is 13.1 Å². The van der Waals surface area contributed by atoms with Gasteiger partial charge in [0.05, 0.1) is 5.75 Å². The van der Waals surface area contributed by atoms with E-state index in [1.165, 1.54) is 12.8 Å².